The monoisotopic (exact) mass is 165 g/mol. The molecule has 0 aliphatic rings. The zero-order valence-electron chi connectivity index (χ0n) is 5.76. The topological polar surface area (TPSA) is 97.6 Å². The maximum Gasteiger partial charge on any atom is 0.416 e. The van der Waals surface area contributed by atoms with Crippen LogP contribution in [0, 0.1) is 10.1 Å². The first-order valence-corrected chi connectivity index (χ1v) is 3.07. The fraction of sp³-hybridized carbons (Fsp3) is 0. The lowest BCUT2D eigenvalue weighted by Crippen LogP contribution is -1.89. The molecule has 0 fully saturated rings. The number of H-pyrrole nitrogens is 1. The maximum absolute atomic E-state index is 10.3. The van der Waals surface area contributed by atoms with Crippen LogP contribution in [0.4, 0.5) is 5.82 Å². The highest BCUT2D eigenvalue weighted by Gasteiger charge is 2.17. The Bertz CT molecular complexity index is 436. The Morgan fingerprint density at radius 1 is 1.58 bits per heavy atom. The Hall–Kier alpha value is -2.05. The molecule has 12 heavy (non-hydrogen) atoms. The second kappa shape index (κ2) is 2.22. The fourth-order valence-electron chi connectivity index (χ4n) is 0.883. The summed E-state index contributed by atoms with van der Waals surface area (Å²) < 4.78 is 0. The Morgan fingerprint density at radius 3 is 3.17 bits per heavy atom. The average Bonchev–Trinajstić information content (AvgIpc) is 2.47. The van der Waals surface area contributed by atoms with E-state index in [1.165, 1.54) is 12.5 Å². The smallest absolute Gasteiger partial charge is 0.358 e. The number of nitrogens with one attached hydrogen (secondary N) is 1. The summed E-state index contributed by atoms with van der Waals surface area (Å²) in [7, 11) is 0. The Kier molecular flexibility index (Phi) is 1.23. The zero-order valence-corrected chi connectivity index (χ0v) is 5.76. The van der Waals surface area contributed by atoms with Crippen LogP contribution in [0.1, 0.15) is 0 Å². The number of rotatable bonds is 1. The molecular weight excluding hydrogens is 162 g/mol. The Labute approximate surface area is 65.6 Å². The molecule has 0 aliphatic heterocycles. The Morgan fingerprint density at radius 2 is 2.42 bits per heavy atom. The van der Waals surface area contributed by atoms with E-state index in [1.54, 1.807) is 0 Å². The fourth-order valence-corrected chi connectivity index (χ4v) is 0.883. The molecule has 2 rings (SSSR count). The molecule has 60 valence electrons. The molecule has 0 atom stereocenters. The number of aromatic amines is 1. The lowest BCUT2D eigenvalue weighted by Gasteiger charge is -1.86. The molecule has 0 unspecified atom stereocenters. The maximum atomic E-state index is 10.3. The number of aromatic nitrogens is 4. The van der Waals surface area contributed by atoms with Gasteiger partial charge in [0.1, 0.15) is 11.8 Å². The lowest BCUT2D eigenvalue weighted by atomic mass is 10.4. The molecule has 0 radical (unpaired) electrons. The summed E-state index contributed by atoms with van der Waals surface area (Å²) >= 11 is 0. The molecular formula is C5H3N5O2. The molecule has 2 aromatic heterocycles. The average molecular weight is 165 g/mol. The van der Waals surface area contributed by atoms with Gasteiger partial charge in [-0.05, 0) is 4.92 Å². The first kappa shape index (κ1) is 6.65. The van der Waals surface area contributed by atoms with E-state index >= 15 is 0 Å². The van der Waals surface area contributed by atoms with Crippen LogP contribution in [0.5, 0.6) is 0 Å². The van der Waals surface area contributed by atoms with E-state index in [1.807, 2.05) is 0 Å². The second-order valence-corrected chi connectivity index (χ2v) is 2.09. The van der Waals surface area contributed by atoms with Crippen molar-refractivity contribution < 1.29 is 4.92 Å². The van der Waals surface area contributed by atoms with Gasteiger partial charge in [0.05, 0.1) is 11.3 Å². The molecule has 1 N–H and O–H groups in total. The third kappa shape index (κ3) is 0.797. The van der Waals surface area contributed by atoms with Crippen molar-refractivity contribution in [3.05, 3.63) is 22.6 Å². The van der Waals surface area contributed by atoms with Gasteiger partial charge in [0.2, 0.25) is 0 Å². The summed E-state index contributed by atoms with van der Waals surface area (Å²) in [6.07, 6.45) is 2.67. The van der Waals surface area contributed by atoms with Gasteiger partial charge in [-0.15, -0.1) is 0 Å². The van der Waals surface area contributed by atoms with Gasteiger partial charge in [-0.1, -0.05) is 0 Å². The van der Waals surface area contributed by atoms with Crippen molar-refractivity contribution in [1.29, 1.82) is 0 Å². The van der Waals surface area contributed by atoms with Gasteiger partial charge in [-0.3, -0.25) is 0 Å². The number of hydrogen-bond donors (Lipinski definition) is 1. The van der Waals surface area contributed by atoms with E-state index in [9.17, 15) is 10.1 Å². The zero-order chi connectivity index (χ0) is 8.55. The van der Waals surface area contributed by atoms with Crippen LogP contribution in [0.25, 0.3) is 11.0 Å². The largest absolute Gasteiger partial charge is 0.416 e. The summed E-state index contributed by atoms with van der Waals surface area (Å²) in [4.78, 5) is 17.1. The molecule has 7 heteroatoms. The van der Waals surface area contributed by atoms with E-state index in [4.69, 9.17) is 0 Å². The second-order valence-electron chi connectivity index (χ2n) is 2.09. The molecule has 0 aliphatic carbocycles. The van der Waals surface area contributed by atoms with E-state index < -0.39 is 4.92 Å². The molecule has 0 aromatic carbocycles. The van der Waals surface area contributed by atoms with Gasteiger partial charge in [0, 0.05) is 0 Å². The van der Waals surface area contributed by atoms with E-state index in [0.717, 1.165) is 0 Å². The van der Waals surface area contributed by atoms with Gasteiger partial charge in [-0.2, -0.15) is 5.10 Å². The standard InChI is InChI=1S/C5H3N5O2/c11-10(12)5-4-3(8-9-5)1-6-2-7-4/h1-2H,(H,8,9). The Balaban J connectivity index is 2.79. The number of hydrogen-bond acceptors (Lipinski definition) is 5. The van der Waals surface area contributed by atoms with E-state index in [0.29, 0.717) is 5.52 Å². The SMILES string of the molecule is O=[N+]([O-])c1n[nH]c2cncnc12. The van der Waals surface area contributed by atoms with E-state index in [-0.39, 0.29) is 11.3 Å². The lowest BCUT2D eigenvalue weighted by molar-refractivity contribution is -0.388. The highest BCUT2D eigenvalue weighted by atomic mass is 16.6. The summed E-state index contributed by atoms with van der Waals surface area (Å²) in [5.41, 5.74) is 0.694. The van der Waals surface area contributed by atoms with Crippen molar-refractivity contribution in [2.45, 2.75) is 0 Å². The molecule has 2 heterocycles. The van der Waals surface area contributed by atoms with Gasteiger partial charge in [0.25, 0.3) is 0 Å². The van der Waals surface area contributed by atoms with Crippen LogP contribution in [0.2, 0.25) is 0 Å². The van der Waals surface area contributed by atoms with Gasteiger partial charge < -0.3 is 10.1 Å². The summed E-state index contributed by atoms with van der Waals surface area (Å²) in [5.74, 6) is -0.271. The minimum Gasteiger partial charge on any atom is -0.358 e. The van der Waals surface area contributed by atoms with E-state index in [2.05, 4.69) is 20.2 Å². The molecule has 0 saturated carbocycles. The number of nitrogens with zero attached hydrogens (tertiary/aromatic N) is 4. The van der Waals surface area contributed by atoms with Gasteiger partial charge in [-0.25, -0.2) is 9.97 Å². The minimum absolute atomic E-state index is 0.231. The van der Waals surface area contributed by atoms with Crippen LogP contribution in [-0.2, 0) is 0 Å². The van der Waals surface area contributed by atoms with Crippen LogP contribution < -0.4 is 0 Å². The van der Waals surface area contributed by atoms with Crippen molar-refractivity contribution in [3.63, 3.8) is 0 Å². The first-order valence-electron chi connectivity index (χ1n) is 3.07. The molecule has 0 bridgehead atoms. The van der Waals surface area contributed by atoms with Gasteiger partial charge in [0.15, 0.2) is 5.52 Å². The predicted octanol–water partition coefficient (Wildman–Crippen LogP) is 0.261. The number of fused-ring (bicyclic) bond motifs is 1. The van der Waals surface area contributed by atoms with Crippen molar-refractivity contribution in [3.8, 4) is 0 Å². The third-order valence-electron chi connectivity index (χ3n) is 1.38. The quantitative estimate of drug-likeness (QED) is 0.482. The van der Waals surface area contributed by atoms with Crippen LogP contribution in [0.3, 0.4) is 0 Å². The normalized spacial score (nSPS) is 10.3. The molecule has 0 spiro atoms. The third-order valence-corrected chi connectivity index (χ3v) is 1.38. The summed E-state index contributed by atoms with van der Waals surface area (Å²) in [5, 5.41) is 16.3. The number of nitro groups is 1. The molecule has 0 saturated heterocycles. The minimum atomic E-state index is -0.591. The van der Waals surface area contributed by atoms with Gasteiger partial charge >= 0.3 is 5.82 Å². The predicted molar refractivity (Wildman–Crippen MR) is 38.3 cm³/mol. The van der Waals surface area contributed by atoms with Crippen molar-refractivity contribution in [1.82, 2.24) is 20.2 Å². The highest BCUT2D eigenvalue weighted by Crippen LogP contribution is 2.17. The van der Waals surface area contributed by atoms with Crippen LogP contribution in [-0.4, -0.2) is 25.1 Å². The van der Waals surface area contributed by atoms with Crippen molar-refractivity contribution in [2.75, 3.05) is 0 Å². The molecule has 0 amide bonds. The summed E-state index contributed by atoms with van der Waals surface area (Å²) in [6, 6.07) is 0. The molecule has 2 aromatic rings. The highest BCUT2D eigenvalue weighted by molar-refractivity contribution is 5.80. The van der Waals surface area contributed by atoms with Crippen molar-refractivity contribution in [2.24, 2.45) is 0 Å². The van der Waals surface area contributed by atoms with Crippen LogP contribution in [0.15, 0.2) is 12.5 Å². The summed E-state index contributed by atoms with van der Waals surface area (Å²) in [6.45, 7) is 0. The van der Waals surface area contributed by atoms with Crippen LogP contribution >= 0.6 is 0 Å². The first-order chi connectivity index (χ1) is 5.79. The van der Waals surface area contributed by atoms with Crippen molar-refractivity contribution >= 4 is 16.9 Å². The molecule has 7 nitrogen and oxygen atoms in total.